The number of hydrogen-bond acceptors (Lipinski definition) is 3. The zero-order valence-electron chi connectivity index (χ0n) is 18.6. The average Bonchev–Trinajstić information content (AvgIpc) is 3.40. The number of halogens is 2. The van der Waals surface area contributed by atoms with Crippen LogP contribution in [0.15, 0.2) is 42.6 Å². The number of aromatic amines is 1. The molecule has 0 spiro atoms. The molecule has 0 aliphatic heterocycles. The van der Waals surface area contributed by atoms with Crippen LogP contribution in [0, 0.1) is 25.6 Å². The Balaban J connectivity index is 1.43. The van der Waals surface area contributed by atoms with Gasteiger partial charge in [-0.2, -0.15) is 0 Å². The fraction of sp³-hybridized carbons (Fsp3) is 0.308. The lowest BCUT2D eigenvalue weighted by atomic mass is 10.1. The molecule has 1 saturated carbocycles. The van der Waals surface area contributed by atoms with Crippen molar-refractivity contribution >= 4 is 39.7 Å². The number of amides is 1. The highest BCUT2D eigenvalue weighted by Gasteiger charge is 2.30. The van der Waals surface area contributed by atoms with E-state index in [0.29, 0.717) is 29.6 Å². The second-order valence-electron chi connectivity index (χ2n) is 8.82. The molecule has 7 heteroatoms. The van der Waals surface area contributed by atoms with Gasteiger partial charge in [0.05, 0.1) is 9.88 Å². The molecule has 2 aromatic heterocycles. The van der Waals surface area contributed by atoms with Crippen LogP contribution in [0.2, 0.25) is 5.02 Å². The van der Waals surface area contributed by atoms with Gasteiger partial charge in [0, 0.05) is 35.2 Å². The zero-order chi connectivity index (χ0) is 23.1. The monoisotopic (exact) mass is 481 g/mol. The number of aromatic nitrogens is 2. The number of aryl methyl sites for hydroxylation is 2. The zero-order valence-corrected chi connectivity index (χ0v) is 20.2. The van der Waals surface area contributed by atoms with Gasteiger partial charge in [-0.3, -0.25) is 4.79 Å². The second kappa shape index (κ2) is 8.92. The number of benzene rings is 2. The van der Waals surface area contributed by atoms with Crippen molar-refractivity contribution in [2.75, 3.05) is 13.1 Å². The summed E-state index contributed by atoms with van der Waals surface area (Å²) in [7, 11) is 0. The van der Waals surface area contributed by atoms with Crippen molar-refractivity contribution < 1.29 is 9.18 Å². The van der Waals surface area contributed by atoms with Gasteiger partial charge < -0.3 is 9.88 Å². The molecule has 1 aliphatic rings. The molecule has 0 bridgehead atoms. The second-order valence-corrected chi connectivity index (χ2v) is 10.4. The summed E-state index contributed by atoms with van der Waals surface area (Å²) in [5.41, 5.74) is 4.32. The molecule has 33 heavy (non-hydrogen) atoms. The van der Waals surface area contributed by atoms with Crippen LogP contribution >= 0.6 is 22.9 Å². The topological polar surface area (TPSA) is 49.0 Å². The molecule has 5 rings (SSSR count). The van der Waals surface area contributed by atoms with E-state index in [9.17, 15) is 9.18 Å². The minimum absolute atomic E-state index is 0.0519. The molecule has 4 aromatic rings. The third kappa shape index (κ3) is 4.68. The van der Waals surface area contributed by atoms with Crippen molar-refractivity contribution in [2.45, 2.75) is 33.1 Å². The van der Waals surface area contributed by atoms with Crippen LogP contribution < -0.4 is 0 Å². The Bertz CT molecular complexity index is 1340. The highest BCUT2D eigenvalue weighted by Crippen LogP contribution is 2.35. The summed E-state index contributed by atoms with van der Waals surface area (Å²) in [5, 5.41) is 2.40. The van der Waals surface area contributed by atoms with E-state index < -0.39 is 0 Å². The maximum atomic E-state index is 13.8. The Kier molecular flexibility index (Phi) is 5.97. The molecular formula is C26H25ClFN3OS. The van der Waals surface area contributed by atoms with E-state index in [2.05, 4.69) is 9.97 Å². The van der Waals surface area contributed by atoms with Crippen molar-refractivity contribution in [1.29, 1.82) is 0 Å². The SMILES string of the molecule is Cc1nc(C(=O)N(CCc2c[nH]c3ccc(F)cc23)CC2CC2)c(-c2ccc(C)c(Cl)c2)s1. The first-order valence-electron chi connectivity index (χ1n) is 11.2. The molecule has 0 radical (unpaired) electrons. The minimum atomic E-state index is -0.256. The number of nitrogens with zero attached hydrogens (tertiary/aromatic N) is 2. The lowest BCUT2D eigenvalue weighted by molar-refractivity contribution is 0.0745. The van der Waals surface area contributed by atoms with Gasteiger partial charge in [-0.15, -0.1) is 11.3 Å². The van der Waals surface area contributed by atoms with Crippen LogP contribution in [0.25, 0.3) is 21.3 Å². The van der Waals surface area contributed by atoms with Gasteiger partial charge in [0.1, 0.15) is 11.5 Å². The van der Waals surface area contributed by atoms with Gasteiger partial charge in [0.2, 0.25) is 0 Å². The number of carbonyl (C=O) groups is 1. The van der Waals surface area contributed by atoms with Crippen LogP contribution in [0.1, 0.15) is 39.5 Å². The van der Waals surface area contributed by atoms with Gasteiger partial charge in [-0.1, -0.05) is 23.7 Å². The van der Waals surface area contributed by atoms with Gasteiger partial charge in [-0.25, -0.2) is 9.37 Å². The molecule has 170 valence electrons. The third-order valence-corrected chi connectivity index (χ3v) is 7.64. The molecular weight excluding hydrogens is 457 g/mol. The molecule has 0 atom stereocenters. The van der Waals surface area contributed by atoms with Crippen LogP contribution in [0.4, 0.5) is 4.39 Å². The Morgan fingerprint density at radius 1 is 1.24 bits per heavy atom. The molecule has 0 saturated heterocycles. The summed E-state index contributed by atoms with van der Waals surface area (Å²) < 4.78 is 13.8. The van der Waals surface area contributed by atoms with Crippen molar-refractivity contribution in [1.82, 2.24) is 14.9 Å². The van der Waals surface area contributed by atoms with E-state index in [1.54, 1.807) is 12.1 Å². The molecule has 4 nitrogen and oxygen atoms in total. The highest BCUT2D eigenvalue weighted by atomic mass is 35.5. The van der Waals surface area contributed by atoms with Crippen LogP contribution in [-0.2, 0) is 6.42 Å². The predicted molar refractivity (Wildman–Crippen MR) is 133 cm³/mol. The number of rotatable bonds is 7. The molecule has 0 unspecified atom stereocenters. The van der Waals surface area contributed by atoms with E-state index in [4.69, 9.17) is 11.6 Å². The molecule has 1 aliphatic carbocycles. The smallest absolute Gasteiger partial charge is 0.274 e. The van der Waals surface area contributed by atoms with Gasteiger partial charge in [0.15, 0.2) is 0 Å². The molecule has 1 amide bonds. The third-order valence-electron chi connectivity index (χ3n) is 6.21. The van der Waals surface area contributed by atoms with Gasteiger partial charge in [0.25, 0.3) is 5.91 Å². The number of H-pyrrole nitrogens is 1. The van der Waals surface area contributed by atoms with Crippen LogP contribution in [0.3, 0.4) is 0 Å². The summed E-state index contributed by atoms with van der Waals surface area (Å²) in [5.74, 6) is 0.240. The minimum Gasteiger partial charge on any atom is -0.361 e. The van der Waals surface area contributed by atoms with Crippen molar-refractivity contribution in [2.24, 2.45) is 5.92 Å². The van der Waals surface area contributed by atoms with E-state index in [-0.39, 0.29) is 11.7 Å². The summed E-state index contributed by atoms with van der Waals surface area (Å²) in [6.45, 7) is 5.17. The number of hydrogen-bond donors (Lipinski definition) is 1. The Morgan fingerprint density at radius 2 is 2.06 bits per heavy atom. The standard InChI is InChI=1S/C26H25ClFN3OS/c1-15-3-6-18(11-22(15)27)25-24(30-16(2)33-25)26(32)31(14-17-4-5-17)10-9-19-13-29-23-8-7-20(28)12-21(19)23/h3,6-8,11-13,17,29H,4-5,9-10,14H2,1-2H3. The van der Waals surface area contributed by atoms with Gasteiger partial charge in [-0.05, 0) is 80.0 Å². The quantitative estimate of drug-likeness (QED) is 0.315. The Morgan fingerprint density at radius 3 is 2.82 bits per heavy atom. The van der Waals surface area contributed by atoms with Crippen molar-refractivity contribution in [3.8, 4) is 10.4 Å². The van der Waals surface area contributed by atoms with E-state index in [0.717, 1.165) is 56.9 Å². The fourth-order valence-corrected chi connectivity index (χ4v) is 5.24. The first kappa shape index (κ1) is 22.1. The maximum Gasteiger partial charge on any atom is 0.274 e. The van der Waals surface area contributed by atoms with E-state index in [1.165, 1.54) is 17.4 Å². The molecule has 1 fully saturated rings. The lowest BCUT2D eigenvalue weighted by Gasteiger charge is -2.22. The van der Waals surface area contributed by atoms with Crippen molar-refractivity contribution in [3.63, 3.8) is 0 Å². The first-order valence-corrected chi connectivity index (χ1v) is 12.4. The molecule has 1 N–H and O–H groups in total. The number of nitrogens with one attached hydrogen (secondary N) is 1. The maximum absolute atomic E-state index is 13.8. The molecule has 2 aromatic carbocycles. The van der Waals surface area contributed by atoms with E-state index in [1.807, 2.05) is 43.1 Å². The van der Waals surface area contributed by atoms with E-state index >= 15 is 0 Å². The number of thiazole rings is 1. The highest BCUT2D eigenvalue weighted by molar-refractivity contribution is 7.15. The average molecular weight is 482 g/mol. The predicted octanol–water partition coefficient (Wildman–Crippen LogP) is 6.80. The number of fused-ring (bicyclic) bond motifs is 1. The summed E-state index contributed by atoms with van der Waals surface area (Å²) >= 11 is 7.88. The normalized spacial score (nSPS) is 13.6. The Labute approximate surface area is 201 Å². The fourth-order valence-electron chi connectivity index (χ4n) is 4.15. The first-order chi connectivity index (χ1) is 15.9. The van der Waals surface area contributed by atoms with Gasteiger partial charge >= 0.3 is 0 Å². The number of carbonyl (C=O) groups excluding carboxylic acids is 1. The largest absolute Gasteiger partial charge is 0.361 e. The molecule has 2 heterocycles. The summed E-state index contributed by atoms with van der Waals surface area (Å²) in [4.78, 5) is 24.3. The van der Waals surface area contributed by atoms with Crippen LogP contribution in [-0.4, -0.2) is 33.9 Å². The lowest BCUT2D eigenvalue weighted by Crippen LogP contribution is -2.35. The summed E-state index contributed by atoms with van der Waals surface area (Å²) in [6, 6.07) is 10.6. The van der Waals surface area contributed by atoms with Crippen molar-refractivity contribution in [3.05, 3.63) is 75.3 Å². The Hall–Kier alpha value is -2.70. The summed E-state index contributed by atoms with van der Waals surface area (Å²) in [6.07, 6.45) is 4.87. The van der Waals surface area contributed by atoms with Crippen LogP contribution in [0.5, 0.6) is 0 Å².